The summed E-state index contributed by atoms with van der Waals surface area (Å²) in [5.41, 5.74) is 2.10. The maximum absolute atomic E-state index is 6.17. The molecule has 1 aromatic rings. The molecule has 16 heavy (non-hydrogen) atoms. The maximum atomic E-state index is 6.17. The largest absolute Gasteiger partial charge is 0.487 e. The van der Waals surface area contributed by atoms with E-state index in [2.05, 4.69) is 39.4 Å². The van der Waals surface area contributed by atoms with Gasteiger partial charge in [-0.3, -0.25) is 0 Å². The van der Waals surface area contributed by atoms with Crippen molar-refractivity contribution in [1.82, 2.24) is 5.32 Å². The minimum atomic E-state index is 0.144. The van der Waals surface area contributed by atoms with Crippen molar-refractivity contribution in [2.45, 2.75) is 24.9 Å². The summed E-state index contributed by atoms with van der Waals surface area (Å²) in [5.74, 6) is 1.10. The number of hydrogen-bond donors (Lipinski definition) is 1. The van der Waals surface area contributed by atoms with E-state index in [-0.39, 0.29) is 5.60 Å². The molecule has 1 aromatic carbocycles. The Morgan fingerprint density at radius 2 is 2.06 bits per heavy atom. The maximum Gasteiger partial charge on any atom is 0.123 e. The predicted molar refractivity (Wildman–Crippen MR) is 65.7 cm³/mol. The zero-order chi connectivity index (χ0) is 10.8. The Labute approximate surface area is 103 Å². The van der Waals surface area contributed by atoms with E-state index in [1.807, 2.05) is 0 Å². The fourth-order valence-corrected chi connectivity index (χ4v) is 4.05. The van der Waals surface area contributed by atoms with Crippen LogP contribution in [-0.4, -0.2) is 18.7 Å². The van der Waals surface area contributed by atoms with Crippen LogP contribution in [0.2, 0.25) is 0 Å². The van der Waals surface area contributed by atoms with Crippen LogP contribution in [0, 0.1) is 5.41 Å². The van der Waals surface area contributed by atoms with E-state index in [0.717, 1.165) is 16.6 Å². The minimum Gasteiger partial charge on any atom is -0.487 e. The summed E-state index contributed by atoms with van der Waals surface area (Å²) in [6, 6.07) is 6.36. The molecular weight excluding hydrogens is 266 g/mol. The molecule has 2 aliphatic heterocycles. The molecule has 0 unspecified atom stereocenters. The first kappa shape index (κ1) is 9.49. The molecule has 1 aliphatic carbocycles. The lowest BCUT2D eigenvalue weighted by Crippen LogP contribution is -2.68. The lowest BCUT2D eigenvalue weighted by molar-refractivity contribution is -0.119. The molecule has 1 saturated heterocycles. The van der Waals surface area contributed by atoms with E-state index in [0.29, 0.717) is 5.41 Å². The van der Waals surface area contributed by atoms with E-state index < -0.39 is 0 Å². The Balaban J connectivity index is 1.60. The molecule has 1 saturated carbocycles. The molecule has 84 valence electrons. The quantitative estimate of drug-likeness (QED) is 0.788. The van der Waals surface area contributed by atoms with Gasteiger partial charge in [0, 0.05) is 29.4 Å². The number of hydrogen-bond acceptors (Lipinski definition) is 2. The van der Waals surface area contributed by atoms with E-state index >= 15 is 0 Å². The lowest BCUT2D eigenvalue weighted by Gasteiger charge is -2.59. The van der Waals surface area contributed by atoms with Crippen LogP contribution in [0.15, 0.2) is 22.7 Å². The minimum absolute atomic E-state index is 0.144. The van der Waals surface area contributed by atoms with Crippen molar-refractivity contribution >= 4 is 15.9 Å². The molecule has 2 heterocycles. The summed E-state index contributed by atoms with van der Waals surface area (Å²) in [6.45, 7) is 2.39. The van der Waals surface area contributed by atoms with Gasteiger partial charge in [-0.15, -0.1) is 0 Å². The van der Waals surface area contributed by atoms with Crippen LogP contribution in [0.25, 0.3) is 0 Å². The van der Waals surface area contributed by atoms with Crippen LogP contribution in [0.3, 0.4) is 0 Å². The molecule has 0 amide bonds. The third-order valence-corrected chi connectivity index (χ3v) is 4.75. The average molecular weight is 280 g/mol. The molecular formula is C13H14BrNO. The SMILES string of the molecule is Brc1ccc2c(c1)CC1(CC3(CNC3)C1)O2. The van der Waals surface area contributed by atoms with Gasteiger partial charge in [0.15, 0.2) is 0 Å². The van der Waals surface area contributed by atoms with Crippen LogP contribution in [-0.2, 0) is 6.42 Å². The molecule has 3 aliphatic rings. The lowest BCUT2D eigenvalue weighted by atomic mass is 9.55. The third-order valence-electron chi connectivity index (χ3n) is 4.26. The highest BCUT2D eigenvalue weighted by Crippen LogP contribution is 2.57. The third kappa shape index (κ3) is 1.16. The van der Waals surface area contributed by atoms with Gasteiger partial charge in [-0.2, -0.15) is 0 Å². The Bertz CT molecular complexity index is 459. The zero-order valence-electron chi connectivity index (χ0n) is 9.05. The first-order valence-electron chi connectivity index (χ1n) is 5.87. The van der Waals surface area contributed by atoms with Crippen molar-refractivity contribution in [3.05, 3.63) is 28.2 Å². The van der Waals surface area contributed by atoms with Crippen molar-refractivity contribution in [2.75, 3.05) is 13.1 Å². The van der Waals surface area contributed by atoms with Crippen molar-refractivity contribution in [1.29, 1.82) is 0 Å². The second kappa shape index (κ2) is 2.82. The van der Waals surface area contributed by atoms with Crippen LogP contribution >= 0.6 is 15.9 Å². The predicted octanol–water partition coefficient (Wildman–Crippen LogP) is 2.51. The van der Waals surface area contributed by atoms with Crippen LogP contribution in [0.1, 0.15) is 18.4 Å². The van der Waals surface area contributed by atoms with E-state index in [1.165, 1.54) is 31.5 Å². The standard InChI is InChI=1S/C13H14BrNO/c14-10-1-2-11-9(3-10)4-13(16-11)5-12(6-13)7-15-8-12/h1-3,15H,4-8H2. The average Bonchev–Trinajstić information content (AvgIpc) is 2.50. The first-order valence-corrected chi connectivity index (χ1v) is 6.66. The summed E-state index contributed by atoms with van der Waals surface area (Å²) >= 11 is 3.52. The van der Waals surface area contributed by atoms with Gasteiger partial charge in [-0.25, -0.2) is 0 Å². The number of halogens is 1. The Hall–Kier alpha value is -0.540. The fourth-order valence-electron chi connectivity index (χ4n) is 3.64. The molecule has 2 fully saturated rings. The van der Waals surface area contributed by atoms with Gasteiger partial charge in [0.05, 0.1) is 0 Å². The zero-order valence-corrected chi connectivity index (χ0v) is 10.6. The van der Waals surface area contributed by atoms with Crippen molar-refractivity contribution < 1.29 is 4.74 Å². The van der Waals surface area contributed by atoms with Crippen molar-refractivity contribution in [3.8, 4) is 5.75 Å². The first-order chi connectivity index (χ1) is 7.69. The van der Waals surface area contributed by atoms with Gasteiger partial charge in [0.1, 0.15) is 11.4 Å². The van der Waals surface area contributed by atoms with Gasteiger partial charge in [0.2, 0.25) is 0 Å². The number of nitrogens with one attached hydrogen (secondary N) is 1. The van der Waals surface area contributed by atoms with Crippen molar-refractivity contribution in [2.24, 2.45) is 5.41 Å². The molecule has 4 rings (SSSR count). The highest BCUT2D eigenvalue weighted by atomic mass is 79.9. The Morgan fingerprint density at radius 3 is 2.75 bits per heavy atom. The molecule has 2 spiro atoms. The number of ether oxygens (including phenoxy) is 1. The molecule has 2 nitrogen and oxygen atoms in total. The van der Waals surface area contributed by atoms with Gasteiger partial charge in [-0.1, -0.05) is 15.9 Å². The van der Waals surface area contributed by atoms with Gasteiger partial charge in [0.25, 0.3) is 0 Å². The van der Waals surface area contributed by atoms with Crippen LogP contribution in [0.4, 0.5) is 0 Å². The Morgan fingerprint density at radius 1 is 1.25 bits per heavy atom. The summed E-state index contributed by atoms with van der Waals surface area (Å²) in [7, 11) is 0. The van der Waals surface area contributed by atoms with E-state index in [4.69, 9.17) is 4.74 Å². The fraction of sp³-hybridized carbons (Fsp3) is 0.538. The summed E-state index contributed by atoms with van der Waals surface area (Å²) in [5, 5.41) is 3.38. The molecule has 0 aromatic heterocycles. The molecule has 1 N–H and O–H groups in total. The number of fused-ring (bicyclic) bond motifs is 1. The van der Waals surface area contributed by atoms with E-state index in [1.54, 1.807) is 0 Å². The summed E-state index contributed by atoms with van der Waals surface area (Å²) < 4.78 is 7.33. The molecule has 3 heteroatoms. The smallest absolute Gasteiger partial charge is 0.123 e. The van der Waals surface area contributed by atoms with Gasteiger partial charge >= 0.3 is 0 Å². The second-order valence-electron chi connectivity index (χ2n) is 5.67. The molecule has 0 radical (unpaired) electrons. The second-order valence-corrected chi connectivity index (χ2v) is 6.59. The number of benzene rings is 1. The normalized spacial score (nSPS) is 27.1. The molecule has 0 bridgehead atoms. The van der Waals surface area contributed by atoms with Crippen LogP contribution in [0.5, 0.6) is 5.75 Å². The van der Waals surface area contributed by atoms with E-state index in [9.17, 15) is 0 Å². The highest BCUT2D eigenvalue weighted by molar-refractivity contribution is 9.10. The monoisotopic (exact) mass is 279 g/mol. The highest BCUT2D eigenvalue weighted by Gasteiger charge is 2.60. The number of rotatable bonds is 0. The van der Waals surface area contributed by atoms with Gasteiger partial charge in [-0.05, 0) is 36.6 Å². The summed E-state index contributed by atoms with van der Waals surface area (Å²) in [4.78, 5) is 0. The Kier molecular flexibility index (Phi) is 1.67. The topological polar surface area (TPSA) is 21.3 Å². The summed E-state index contributed by atoms with van der Waals surface area (Å²) in [6.07, 6.45) is 3.57. The van der Waals surface area contributed by atoms with Crippen LogP contribution < -0.4 is 10.1 Å². The van der Waals surface area contributed by atoms with Gasteiger partial charge < -0.3 is 10.1 Å². The van der Waals surface area contributed by atoms with Crippen molar-refractivity contribution in [3.63, 3.8) is 0 Å². The molecule has 0 atom stereocenters.